The minimum absolute atomic E-state index is 0.0784. The molecule has 120 valence electrons. The van der Waals surface area contributed by atoms with Gasteiger partial charge in [0, 0.05) is 18.2 Å². The zero-order chi connectivity index (χ0) is 16.3. The lowest BCUT2D eigenvalue weighted by atomic mass is 9.97. The molecule has 0 aliphatic carbocycles. The summed E-state index contributed by atoms with van der Waals surface area (Å²) in [7, 11) is 0. The second-order valence-electron chi connectivity index (χ2n) is 5.71. The molecule has 1 heterocycles. The van der Waals surface area contributed by atoms with Crippen LogP contribution in [0.25, 0.3) is 0 Å². The number of esters is 1. The summed E-state index contributed by atoms with van der Waals surface area (Å²) < 4.78 is 4.99. The number of phenolic OH excluding ortho intramolecular Hbond substituents is 2. The Bertz CT molecular complexity index is 562. The van der Waals surface area contributed by atoms with E-state index in [4.69, 9.17) is 4.74 Å². The first kappa shape index (κ1) is 16.1. The second kappa shape index (κ2) is 6.68. The fourth-order valence-electron chi connectivity index (χ4n) is 2.89. The van der Waals surface area contributed by atoms with Crippen molar-refractivity contribution in [3.05, 3.63) is 23.8 Å². The molecule has 1 saturated heterocycles. The van der Waals surface area contributed by atoms with Crippen molar-refractivity contribution in [2.45, 2.75) is 45.2 Å². The first-order chi connectivity index (χ1) is 10.4. The van der Waals surface area contributed by atoms with Gasteiger partial charge in [0.25, 0.3) is 5.91 Å². The van der Waals surface area contributed by atoms with E-state index in [0.717, 1.165) is 25.3 Å². The molecule has 1 aliphatic heterocycles. The van der Waals surface area contributed by atoms with Gasteiger partial charge in [-0.15, -0.1) is 0 Å². The van der Waals surface area contributed by atoms with Gasteiger partial charge in [-0.3, -0.25) is 4.79 Å². The molecule has 0 aromatic heterocycles. The maximum atomic E-state index is 12.2. The molecule has 2 atom stereocenters. The number of amides is 1. The average Bonchev–Trinajstić information content (AvgIpc) is 2.44. The molecule has 6 heteroatoms. The first-order valence-corrected chi connectivity index (χ1v) is 7.40. The Labute approximate surface area is 129 Å². The summed E-state index contributed by atoms with van der Waals surface area (Å²) in [6.45, 7) is 3.62. The number of carbonyl (C=O) groups excluding carboxylic acids is 2. The Morgan fingerprint density at radius 1 is 1.23 bits per heavy atom. The number of likely N-dealkylation sites (tertiary alicyclic amines) is 1. The Hall–Kier alpha value is -2.24. The first-order valence-electron chi connectivity index (χ1n) is 7.40. The molecule has 2 rings (SSSR count). The summed E-state index contributed by atoms with van der Waals surface area (Å²) in [6, 6.07) is 3.85. The van der Waals surface area contributed by atoms with E-state index < -0.39 is 5.97 Å². The Balaban J connectivity index is 1.97. The number of nitrogens with zero attached hydrogens (tertiary/aromatic N) is 1. The number of carbonyl (C=O) groups is 2. The van der Waals surface area contributed by atoms with Gasteiger partial charge in [-0.2, -0.15) is 0 Å². The van der Waals surface area contributed by atoms with Crippen molar-refractivity contribution in [3.8, 4) is 11.5 Å². The van der Waals surface area contributed by atoms with Gasteiger partial charge in [-0.25, -0.2) is 4.79 Å². The predicted octanol–water partition coefficient (Wildman–Crippen LogP) is 2.04. The Morgan fingerprint density at radius 3 is 2.45 bits per heavy atom. The molecule has 0 unspecified atom stereocenters. The number of phenols is 2. The van der Waals surface area contributed by atoms with Crippen LogP contribution in [0.5, 0.6) is 11.5 Å². The van der Waals surface area contributed by atoms with Crippen molar-refractivity contribution in [1.82, 2.24) is 4.90 Å². The lowest BCUT2D eigenvalue weighted by Crippen LogP contribution is -2.49. The van der Waals surface area contributed by atoms with Crippen molar-refractivity contribution >= 4 is 11.9 Å². The molecule has 0 saturated carbocycles. The normalized spacial score (nSPS) is 21.5. The van der Waals surface area contributed by atoms with Crippen molar-refractivity contribution in [3.63, 3.8) is 0 Å². The third-order valence-corrected chi connectivity index (χ3v) is 4.01. The molecule has 2 N–H and O–H groups in total. The Kier molecular flexibility index (Phi) is 4.90. The highest BCUT2D eigenvalue weighted by Gasteiger charge is 2.29. The van der Waals surface area contributed by atoms with Crippen LogP contribution in [0.2, 0.25) is 0 Å². The van der Waals surface area contributed by atoms with Gasteiger partial charge in [0.2, 0.25) is 0 Å². The zero-order valence-electron chi connectivity index (χ0n) is 12.8. The SMILES string of the molecule is C[C@H]1CCC[C@H](C)N1C(=O)COC(=O)c1ccc(O)cc1O. The Morgan fingerprint density at radius 2 is 1.86 bits per heavy atom. The number of ether oxygens (including phenoxy) is 1. The fourth-order valence-corrected chi connectivity index (χ4v) is 2.89. The lowest BCUT2D eigenvalue weighted by Gasteiger charge is -2.38. The van der Waals surface area contributed by atoms with E-state index in [-0.39, 0.29) is 41.7 Å². The van der Waals surface area contributed by atoms with Gasteiger partial charge < -0.3 is 19.8 Å². The highest BCUT2D eigenvalue weighted by atomic mass is 16.5. The number of hydrogen-bond acceptors (Lipinski definition) is 5. The summed E-state index contributed by atoms with van der Waals surface area (Å²) in [5, 5.41) is 18.8. The number of aromatic hydroxyl groups is 2. The number of hydrogen-bond donors (Lipinski definition) is 2. The van der Waals surface area contributed by atoms with Crippen LogP contribution in [0.3, 0.4) is 0 Å². The van der Waals surface area contributed by atoms with Crippen LogP contribution in [0.1, 0.15) is 43.5 Å². The van der Waals surface area contributed by atoms with Crippen LogP contribution >= 0.6 is 0 Å². The molecule has 22 heavy (non-hydrogen) atoms. The van der Waals surface area contributed by atoms with E-state index >= 15 is 0 Å². The minimum Gasteiger partial charge on any atom is -0.508 e. The summed E-state index contributed by atoms with van der Waals surface area (Å²) in [5.41, 5.74) is -0.0784. The zero-order valence-corrected chi connectivity index (χ0v) is 12.8. The van der Waals surface area contributed by atoms with Crippen molar-refractivity contribution in [2.75, 3.05) is 6.61 Å². The molecule has 0 radical (unpaired) electrons. The van der Waals surface area contributed by atoms with Gasteiger partial charge in [0.05, 0.1) is 0 Å². The summed E-state index contributed by atoms with van der Waals surface area (Å²) >= 11 is 0. The van der Waals surface area contributed by atoms with Gasteiger partial charge in [0.1, 0.15) is 17.1 Å². The topological polar surface area (TPSA) is 87.1 Å². The van der Waals surface area contributed by atoms with Crippen LogP contribution in [0, 0.1) is 0 Å². The van der Waals surface area contributed by atoms with E-state index in [1.165, 1.54) is 12.1 Å². The van der Waals surface area contributed by atoms with E-state index in [2.05, 4.69) is 0 Å². The standard InChI is InChI=1S/C16H21NO5/c1-10-4-3-5-11(2)17(10)15(20)9-22-16(21)13-7-6-12(18)8-14(13)19/h6-8,10-11,18-19H,3-5,9H2,1-2H3/t10-,11-/m0/s1. The van der Waals surface area contributed by atoms with Crippen LogP contribution in [-0.4, -0.2) is 45.7 Å². The molecule has 0 bridgehead atoms. The van der Waals surface area contributed by atoms with Crippen LogP contribution in [0.15, 0.2) is 18.2 Å². The summed E-state index contributed by atoms with van der Waals surface area (Å²) in [6.07, 6.45) is 2.98. The van der Waals surface area contributed by atoms with Gasteiger partial charge in [-0.1, -0.05) is 0 Å². The van der Waals surface area contributed by atoms with Gasteiger partial charge in [-0.05, 0) is 45.2 Å². The predicted molar refractivity (Wildman–Crippen MR) is 79.7 cm³/mol. The molecular formula is C16H21NO5. The van der Waals surface area contributed by atoms with E-state index in [1.54, 1.807) is 4.90 Å². The number of rotatable bonds is 3. The fraction of sp³-hybridized carbons (Fsp3) is 0.500. The second-order valence-corrected chi connectivity index (χ2v) is 5.71. The molecule has 1 aliphatic rings. The van der Waals surface area contributed by atoms with Crippen molar-refractivity contribution in [1.29, 1.82) is 0 Å². The van der Waals surface area contributed by atoms with E-state index in [0.29, 0.717) is 0 Å². The van der Waals surface area contributed by atoms with E-state index in [9.17, 15) is 19.8 Å². The smallest absolute Gasteiger partial charge is 0.342 e. The molecule has 1 fully saturated rings. The van der Waals surface area contributed by atoms with Crippen LogP contribution < -0.4 is 0 Å². The van der Waals surface area contributed by atoms with Crippen molar-refractivity contribution < 1.29 is 24.5 Å². The number of piperidine rings is 1. The summed E-state index contributed by atoms with van der Waals surface area (Å²) in [4.78, 5) is 25.9. The average molecular weight is 307 g/mol. The largest absolute Gasteiger partial charge is 0.508 e. The molecule has 1 aromatic carbocycles. The third-order valence-electron chi connectivity index (χ3n) is 4.01. The van der Waals surface area contributed by atoms with Gasteiger partial charge >= 0.3 is 5.97 Å². The molecule has 6 nitrogen and oxygen atoms in total. The molecule has 0 spiro atoms. The monoisotopic (exact) mass is 307 g/mol. The van der Waals surface area contributed by atoms with Crippen LogP contribution in [0.4, 0.5) is 0 Å². The molecule has 1 amide bonds. The van der Waals surface area contributed by atoms with Gasteiger partial charge in [0.15, 0.2) is 6.61 Å². The maximum Gasteiger partial charge on any atom is 0.342 e. The van der Waals surface area contributed by atoms with E-state index in [1.807, 2.05) is 13.8 Å². The number of benzene rings is 1. The lowest BCUT2D eigenvalue weighted by molar-refractivity contribution is -0.140. The maximum absolute atomic E-state index is 12.2. The highest BCUT2D eigenvalue weighted by molar-refractivity contribution is 5.94. The summed E-state index contributed by atoms with van der Waals surface area (Å²) in [5.74, 6) is -1.55. The third kappa shape index (κ3) is 3.50. The molecule has 1 aromatic rings. The minimum atomic E-state index is -0.789. The molecular weight excluding hydrogens is 286 g/mol. The van der Waals surface area contributed by atoms with Crippen LogP contribution in [-0.2, 0) is 9.53 Å². The quantitative estimate of drug-likeness (QED) is 0.835. The van der Waals surface area contributed by atoms with Crippen molar-refractivity contribution in [2.24, 2.45) is 0 Å². The highest BCUT2D eigenvalue weighted by Crippen LogP contribution is 2.24.